The van der Waals surface area contributed by atoms with Crippen LogP contribution in [0, 0.1) is 0 Å². The summed E-state index contributed by atoms with van der Waals surface area (Å²) in [4.78, 5) is 0. The van der Waals surface area contributed by atoms with E-state index in [-0.39, 0.29) is 5.75 Å². The van der Waals surface area contributed by atoms with Gasteiger partial charge in [-0.2, -0.15) is 0 Å². The van der Waals surface area contributed by atoms with E-state index in [9.17, 15) is 8.42 Å². The fourth-order valence-corrected chi connectivity index (χ4v) is 9.64. The van der Waals surface area contributed by atoms with Gasteiger partial charge in [0.1, 0.15) is 0 Å². The number of hydrogen-bond donors (Lipinski definition) is 0. The Morgan fingerprint density at radius 2 is 1.04 bits per heavy atom. The summed E-state index contributed by atoms with van der Waals surface area (Å²) in [6.07, 6.45) is 0.519. The van der Waals surface area contributed by atoms with Crippen LogP contribution in [-0.4, -0.2) is 22.5 Å². The van der Waals surface area contributed by atoms with Crippen LogP contribution in [0.25, 0.3) is 0 Å². The minimum Gasteiger partial charge on any atom is -0.298 e. The first-order valence-electron chi connectivity index (χ1n) is 8.68. The quantitative estimate of drug-likeness (QED) is 0.466. The highest BCUT2D eigenvalue weighted by atomic mass is 32.2. The molecular weight excluding hydrogens is 360 g/mol. The predicted molar refractivity (Wildman–Crippen MR) is 109 cm³/mol. The maximum Gasteiger partial charge on any atom is 0.309 e. The molecule has 0 aliphatic rings. The van der Waals surface area contributed by atoms with Gasteiger partial charge in [0, 0.05) is 0 Å². The van der Waals surface area contributed by atoms with Crippen molar-refractivity contribution in [3.63, 3.8) is 0 Å². The van der Waals surface area contributed by atoms with Crippen LogP contribution in [0.3, 0.4) is 0 Å². The van der Waals surface area contributed by atoms with Crippen molar-refractivity contribution < 1.29 is 12.3 Å². The Balaban J connectivity index is 2.32. The first-order chi connectivity index (χ1) is 12.6. The average molecular weight is 383 g/mol. The second-order valence-electron chi connectivity index (χ2n) is 6.12. The summed E-state index contributed by atoms with van der Waals surface area (Å²) in [6, 6.07) is 29.2. The molecule has 0 fully saturated rings. The first kappa shape index (κ1) is 18.6. The van der Waals surface area contributed by atoms with Gasteiger partial charge in [-0.3, -0.25) is 3.87 Å². The van der Waals surface area contributed by atoms with Gasteiger partial charge in [0.05, 0.1) is 5.75 Å². The van der Waals surface area contributed by atoms with Crippen LogP contribution < -0.4 is 15.6 Å². The van der Waals surface area contributed by atoms with E-state index in [1.54, 1.807) is 0 Å². The monoisotopic (exact) mass is 382 g/mol. The number of benzene rings is 3. The van der Waals surface area contributed by atoms with Crippen molar-refractivity contribution in [2.24, 2.45) is 0 Å². The molecule has 0 saturated heterocycles. The van der Waals surface area contributed by atoms with E-state index in [0.717, 1.165) is 15.6 Å². The summed E-state index contributed by atoms with van der Waals surface area (Å²) in [5.41, 5.74) is 0. The minimum absolute atomic E-state index is 0.00819. The lowest BCUT2D eigenvalue weighted by molar-refractivity contribution is 0.492. The van der Waals surface area contributed by atoms with Crippen LogP contribution in [0.2, 0.25) is 0 Å². The van der Waals surface area contributed by atoms with Crippen molar-refractivity contribution in [2.45, 2.75) is 13.3 Å². The number of hydrogen-bond acceptors (Lipinski definition) is 3. The van der Waals surface area contributed by atoms with Gasteiger partial charge in [0.2, 0.25) is 0 Å². The molecule has 5 heteroatoms. The van der Waals surface area contributed by atoms with E-state index < -0.39 is 18.4 Å². The molecule has 3 aromatic carbocycles. The summed E-state index contributed by atoms with van der Waals surface area (Å²) < 4.78 is 31.7. The fraction of sp³-hybridized carbons (Fsp3) is 0.143. The minimum atomic E-state index is -3.67. The third-order valence-electron chi connectivity index (χ3n) is 4.25. The molecule has 0 unspecified atom stereocenters. The highest BCUT2D eigenvalue weighted by Gasteiger charge is 2.45. The molecule has 134 valence electrons. The van der Waals surface area contributed by atoms with E-state index in [0.29, 0.717) is 6.42 Å². The van der Waals surface area contributed by atoms with Crippen molar-refractivity contribution in [1.82, 2.24) is 0 Å². The Hall–Kier alpha value is -2.21. The van der Waals surface area contributed by atoms with Gasteiger partial charge in [0.15, 0.2) is 0 Å². The first-order valence-corrected chi connectivity index (χ1v) is 12.2. The molecule has 3 aromatic rings. The normalized spacial score (nSPS) is 12.0. The predicted octanol–water partition coefficient (Wildman–Crippen LogP) is 2.41. The highest BCUT2D eigenvalue weighted by molar-refractivity contribution is 7.88. The van der Waals surface area contributed by atoms with Crippen LogP contribution in [-0.2, 0) is 14.0 Å². The van der Waals surface area contributed by atoms with Gasteiger partial charge in [-0.05, 0) is 22.0 Å². The molecule has 26 heavy (non-hydrogen) atoms. The van der Waals surface area contributed by atoms with Gasteiger partial charge in [0.25, 0.3) is 10.1 Å². The Morgan fingerprint density at radius 1 is 0.692 bits per heavy atom. The van der Waals surface area contributed by atoms with Crippen LogP contribution >= 0.6 is 0 Å². The molecule has 0 atom stereocenters. The van der Waals surface area contributed by atoms with Crippen LogP contribution in [0.5, 0.6) is 0 Å². The van der Waals surface area contributed by atoms with Crippen LogP contribution in [0.4, 0.5) is 0 Å². The summed E-state index contributed by atoms with van der Waals surface area (Å²) >= 11 is 0. The van der Waals surface area contributed by atoms with E-state index in [4.69, 9.17) is 3.87 Å². The SMILES string of the molecule is CCCS(=O)(=O)O[Si](c1ccccc1)(c1ccccc1)c1ccccc1. The Kier molecular flexibility index (Phi) is 5.71. The average Bonchev–Trinajstić information content (AvgIpc) is 2.68. The Morgan fingerprint density at radius 3 is 1.35 bits per heavy atom. The molecule has 0 aromatic heterocycles. The van der Waals surface area contributed by atoms with E-state index in [2.05, 4.69) is 0 Å². The van der Waals surface area contributed by atoms with Crippen molar-refractivity contribution in [3.05, 3.63) is 91.0 Å². The van der Waals surface area contributed by atoms with E-state index >= 15 is 0 Å². The van der Waals surface area contributed by atoms with E-state index in [1.165, 1.54) is 0 Å². The third-order valence-corrected chi connectivity index (χ3v) is 10.6. The van der Waals surface area contributed by atoms with Crippen molar-refractivity contribution >= 4 is 34.0 Å². The molecule has 0 bridgehead atoms. The lowest BCUT2D eigenvalue weighted by atomic mass is 10.3. The lowest BCUT2D eigenvalue weighted by Crippen LogP contribution is -2.70. The van der Waals surface area contributed by atoms with Crippen molar-refractivity contribution in [3.8, 4) is 0 Å². The third kappa shape index (κ3) is 3.80. The molecule has 0 saturated carbocycles. The lowest BCUT2D eigenvalue weighted by Gasteiger charge is -2.32. The summed E-state index contributed by atoms with van der Waals surface area (Å²) in [6.45, 7) is 1.84. The summed E-state index contributed by atoms with van der Waals surface area (Å²) in [5, 5.41) is 2.74. The molecule has 0 aliphatic carbocycles. The zero-order chi connectivity index (χ0) is 18.5. The van der Waals surface area contributed by atoms with Crippen molar-refractivity contribution in [1.29, 1.82) is 0 Å². The Bertz CT molecular complexity index is 830. The van der Waals surface area contributed by atoms with Gasteiger partial charge in [-0.1, -0.05) is 97.9 Å². The van der Waals surface area contributed by atoms with Crippen molar-refractivity contribution in [2.75, 3.05) is 5.75 Å². The molecule has 0 N–H and O–H groups in total. The Labute approximate surface area is 156 Å². The zero-order valence-electron chi connectivity index (χ0n) is 14.7. The molecule has 0 heterocycles. The van der Waals surface area contributed by atoms with Gasteiger partial charge in [-0.25, -0.2) is 8.42 Å². The molecule has 0 spiro atoms. The van der Waals surface area contributed by atoms with Gasteiger partial charge in [-0.15, -0.1) is 0 Å². The maximum absolute atomic E-state index is 12.8. The smallest absolute Gasteiger partial charge is 0.298 e. The standard InChI is InChI=1S/C21H22O3SSi/c1-2-18-25(22,23)24-26(19-12-6-3-7-13-19,20-14-8-4-9-15-20)21-16-10-5-11-17-21/h3-17H,2,18H2,1H3. The van der Waals surface area contributed by atoms with Crippen LogP contribution in [0.15, 0.2) is 91.0 Å². The topological polar surface area (TPSA) is 43.4 Å². The molecule has 0 aliphatic heterocycles. The molecule has 3 rings (SSSR count). The number of rotatable bonds is 7. The van der Waals surface area contributed by atoms with E-state index in [1.807, 2.05) is 97.9 Å². The maximum atomic E-state index is 12.8. The second kappa shape index (κ2) is 7.99. The molecule has 3 nitrogen and oxygen atoms in total. The van der Waals surface area contributed by atoms with Gasteiger partial charge >= 0.3 is 8.32 Å². The summed E-state index contributed by atoms with van der Waals surface area (Å²) in [5.74, 6) is 0.00819. The van der Waals surface area contributed by atoms with Gasteiger partial charge < -0.3 is 0 Å². The second-order valence-corrected chi connectivity index (χ2v) is 11.4. The largest absolute Gasteiger partial charge is 0.309 e. The fourth-order valence-electron chi connectivity index (χ4n) is 3.15. The molecule has 0 amide bonds. The van der Waals surface area contributed by atoms with Crippen LogP contribution in [0.1, 0.15) is 13.3 Å². The molecule has 0 radical (unpaired) electrons. The zero-order valence-corrected chi connectivity index (χ0v) is 16.5. The summed E-state index contributed by atoms with van der Waals surface area (Å²) in [7, 11) is -6.86. The molecular formula is C21H22O3SSi. The highest BCUT2D eigenvalue weighted by Crippen LogP contribution is 2.14.